The van der Waals surface area contributed by atoms with E-state index >= 15 is 0 Å². The molecule has 0 bridgehead atoms. The van der Waals surface area contributed by atoms with Gasteiger partial charge in [0.05, 0.1) is 6.61 Å². The van der Waals surface area contributed by atoms with Gasteiger partial charge >= 0.3 is 0 Å². The van der Waals surface area contributed by atoms with E-state index in [-0.39, 0.29) is 5.91 Å². The third-order valence-corrected chi connectivity index (χ3v) is 4.09. The van der Waals surface area contributed by atoms with Crippen LogP contribution in [0.1, 0.15) is 30.1 Å². The Morgan fingerprint density at radius 1 is 1.44 bits per heavy atom. The highest BCUT2D eigenvalue weighted by atomic mass is 79.9. The molecule has 0 aliphatic heterocycles. The summed E-state index contributed by atoms with van der Waals surface area (Å²) >= 11 is 3.60. The molecule has 1 atom stereocenters. The molecule has 0 saturated heterocycles. The summed E-state index contributed by atoms with van der Waals surface area (Å²) in [5, 5.41) is 2.94. The van der Waals surface area contributed by atoms with Crippen molar-refractivity contribution in [2.45, 2.75) is 24.6 Å². The number of hydrogen-bond donors (Lipinski definition) is 1. The smallest absolute Gasteiger partial charge is 0.251 e. The molecule has 1 aromatic carbocycles. The van der Waals surface area contributed by atoms with Crippen LogP contribution in [0, 0.1) is 5.92 Å². The van der Waals surface area contributed by atoms with Gasteiger partial charge in [-0.3, -0.25) is 4.79 Å². The van der Waals surface area contributed by atoms with Crippen molar-refractivity contribution in [3.63, 3.8) is 0 Å². The van der Waals surface area contributed by atoms with Gasteiger partial charge in [0.25, 0.3) is 5.91 Å². The van der Waals surface area contributed by atoms with Crippen molar-refractivity contribution >= 4 is 21.8 Å². The van der Waals surface area contributed by atoms with Gasteiger partial charge in [0.1, 0.15) is 5.75 Å². The van der Waals surface area contributed by atoms with E-state index in [0.29, 0.717) is 23.5 Å². The van der Waals surface area contributed by atoms with Crippen LogP contribution in [-0.2, 0) is 0 Å². The van der Waals surface area contributed by atoms with E-state index in [1.807, 2.05) is 19.1 Å². The standard InChI is InChI=1S/C14H18BrNO2/c1-2-18-12-7-5-11(6-8-12)14(17)16-9-13(15)10-3-4-10/h5-8,10,13H,2-4,9H2,1H3,(H,16,17). The van der Waals surface area contributed by atoms with Crippen molar-refractivity contribution in [1.29, 1.82) is 0 Å². The predicted molar refractivity (Wildman–Crippen MR) is 75.4 cm³/mol. The lowest BCUT2D eigenvalue weighted by molar-refractivity contribution is 0.0953. The van der Waals surface area contributed by atoms with Gasteiger partial charge in [0, 0.05) is 16.9 Å². The number of ether oxygens (including phenoxy) is 1. The molecule has 0 spiro atoms. The van der Waals surface area contributed by atoms with Crippen LogP contribution in [0.5, 0.6) is 5.75 Å². The molecule has 1 unspecified atom stereocenters. The van der Waals surface area contributed by atoms with Crippen LogP contribution in [0.25, 0.3) is 0 Å². The van der Waals surface area contributed by atoms with Crippen LogP contribution in [-0.4, -0.2) is 23.9 Å². The second-order valence-electron chi connectivity index (χ2n) is 4.52. The Balaban J connectivity index is 1.83. The zero-order chi connectivity index (χ0) is 13.0. The molecule has 1 aliphatic rings. The summed E-state index contributed by atoms with van der Waals surface area (Å²) in [6.07, 6.45) is 2.55. The minimum Gasteiger partial charge on any atom is -0.494 e. The van der Waals surface area contributed by atoms with Gasteiger partial charge in [-0.1, -0.05) is 15.9 Å². The Labute approximate surface area is 116 Å². The van der Waals surface area contributed by atoms with E-state index in [9.17, 15) is 4.79 Å². The summed E-state index contributed by atoms with van der Waals surface area (Å²) in [5.74, 6) is 1.51. The molecule has 0 aromatic heterocycles. The molecular weight excluding hydrogens is 294 g/mol. The molecule has 1 amide bonds. The average molecular weight is 312 g/mol. The van der Waals surface area contributed by atoms with Crippen LogP contribution in [0.4, 0.5) is 0 Å². The highest BCUT2D eigenvalue weighted by Gasteiger charge is 2.29. The third kappa shape index (κ3) is 3.73. The lowest BCUT2D eigenvalue weighted by atomic mass is 10.2. The fraction of sp³-hybridized carbons (Fsp3) is 0.500. The maximum atomic E-state index is 11.9. The van der Waals surface area contributed by atoms with Crippen molar-refractivity contribution < 1.29 is 9.53 Å². The van der Waals surface area contributed by atoms with Gasteiger partial charge in [-0.2, -0.15) is 0 Å². The normalized spacial score (nSPS) is 16.1. The Morgan fingerprint density at radius 2 is 2.11 bits per heavy atom. The molecular formula is C14H18BrNO2. The molecule has 18 heavy (non-hydrogen) atoms. The van der Waals surface area contributed by atoms with Crippen LogP contribution in [0.3, 0.4) is 0 Å². The van der Waals surface area contributed by atoms with Gasteiger partial charge in [-0.15, -0.1) is 0 Å². The molecule has 1 aliphatic carbocycles. The Bertz CT molecular complexity index is 401. The number of alkyl halides is 1. The molecule has 4 heteroatoms. The lowest BCUT2D eigenvalue weighted by Gasteiger charge is -2.10. The number of benzene rings is 1. The van der Waals surface area contributed by atoms with E-state index < -0.39 is 0 Å². The maximum absolute atomic E-state index is 11.9. The van der Waals surface area contributed by atoms with Gasteiger partial charge < -0.3 is 10.1 Å². The van der Waals surface area contributed by atoms with Crippen LogP contribution in [0.2, 0.25) is 0 Å². The quantitative estimate of drug-likeness (QED) is 0.820. The Morgan fingerprint density at radius 3 is 2.67 bits per heavy atom. The SMILES string of the molecule is CCOc1ccc(C(=O)NCC(Br)C2CC2)cc1. The fourth-order valence-electron chi connectivity index (χ4n) is 1.79. The van der Waals surface area contributed by atoms with E-state index in [1.165, 1.54) is 12.8 Å². The van der Waals surface area contributed by atoms with Crippen LogP contribution >= 0.6 is 15.9 Å². The second-order valence-corrected chi connectivity index (χ2v) is 5.70. The molecule has 0 heterocycles. The van der Waals surface area contributed by atoms with Crippen LogP contribution in [0.15, 0.2) is 24.3 Å². The maximum Gasteiger partial charge on any atom is 0.251 e. The molecule has 1 fully saturated rings. The van der Waals surface area contributed by atoms with Gasteiger partial charge in [0.15, 0.2) is 0 Å². The highest BCUT2D eigenvalue weighted by molar-refractivity contribution is 9.09. The summed E-state index contributed by atoms with van der Waals surface area (Å²) in [6.45, 7) is 3.27. The molecule has 0 radical (unpaired) electrons. The second kappa shape index (κ2) is 6.23. The minimum atomic E-state index is -0.0249. The summed E-state index contributed by atoms with van der Waals surface area (Å²) in [6, 6.07) is 7.23. The first-order valence-corrected chi connectivity index (χ1v) is 7.27. The minimum absolute atomic E-state index is 0.0249. The summed E-state index contributed by atoms with van der Waals surface area (Å²) < 4.78 is 5.34. The zero-order valence-electron chi connectivity index (χ0n) is 10.5. The monoisotopic (exact) mass is 311 g/mol. The zero-order valence-corrected chi connectivity index (χ0v) is 12.1. The van der Waals surface area contributed by atoms with Crippen LogP contribution < -0.4 is 10.1 Å². The van der Waals surface area contributed by atoms with Crippen molar-refractivity contribution in [1.82, 2.24) is 5.32 Å². The van der Waals surface area contributed by atoms with E-state index in [0.717, 1.165) is 11.7 Å². The number of amides is 1. The Kier molecular flexibility index (Phi) is 4.64. The molecule has 1 saturated carbocycles. The molecule has 1 aromatic rings. The van der Waals surface area contributed by atoms with Crippen molar-refractivity contribution in [3.05, 3.63) is 29.8 Å². The van der Waals surface area contributed by atoms with Crippen molar-refractivity contribution in [2.24, 2.45) is 5.92 Å². The number of halogens is 1. The Hall–Kier alpha value is -1.03. The van der Waals surface area contributed by atoms with Gasteiger partial charge in [-0.05, 0) is 49.9 Å². The number of carbonyl (C=O) groups is 1. The number of nitrogens with one attached hydrogen (secondary N) is 1. The fourth-order valence-corrected chi connectivity index (χ4v) is 2.48. The van der Waals surface area contributed by atoms with Crippen molar-refractivity contribution in [2.75, 3.05) is 13.2 Å². The number of rotatable bonds is 6. The first-order valence-electron chi connectivity index (χ1n) is 6.36. The number of carbonyl (C=O) groups excluding carboxylic acids is 1. The number of hydrogen-bond acceptors (Lipinski definition) is 2. The van der Waals surface area contributed by atoms with Crippen molar-refractivity contribution in [3.8, 4) is 5.75 Å². The van der Waals surface area contributed by atoms with Gasteiger partial charge in [0.2, 0.25) is 0 Å². The summed E-state index contributed by atoms with van der Waals surface area (Å²) in [5.41, 5.74) is 0.675. The third-order valence-electron chi connectivity index (χ3n) is 3.02. The first kappa shape index (κ1) is 13.4. The lowest BCUT2D eigenvalue weighted by Crippen LogP contribution is -2.30. The topological polar surface area (TPSA) is 38.3 Å². The molecule has 1 N–H and O–H groups in total. The van der Waals surface area contributed by atoms with E-state index in [1.54, 1.807) is 12.1 Å². The largest absolute Gasteiger partial charge is 0.494 e. The highest BCUT2D eigenvalue weighted by Crippen LogP contribution is 2.36. The van der Waals surface area contributed by atoms with E-state index in [2.05, 4.69) is 21.2 Å². The molecule has 2 rings (SSSR count). The summed E-state index contributed by atoms with van der Waals surface area (Å²) in [7, 11) is 0. The molecule has 98 valence electrons. The average Bonchev–Trinajstić information content (AvgIpc) is 3.21. The van der Waals surface area contributed by atoms with E-state index in [4.69, 9.17) is 4.74 Å². The van der Waals surface area contributed by atoms with Gasteiger partial charge in [-0.25, -0.2) is 0 Å². The first-order chi connectivity index (χ1) is 8.70. The summed E-state index contributed by atoms with van der Waals surface area (Å²) in [4.78, 5) is 12.3. The predicted octanol–water partition coefficient (Wildman–Crippen LogP) is 2.99. The molecule has 3 nitrogen and oxygen atoms in total.